The molecule has 0 saturated heterocycles. The molecule has 158 valence electrons. The summed E-state index contributed by atoms with van der Waals surface area (Å²) >= 11 is 1.22. The second-order valence-corrected chi connectivity index (χ2v) is 6.89. The number of ether oxygens (including phenoxy) is 4. The molecule has 0 bridgehead atoms. The highest BCUT2D eigenvalue weighted by Crippen LogP contribution is 2.40. The molecule has 0 fully saturated rings. The highest BCUT2D eigenvalue weighted by Gasteiger charge is 2.16. The first kappa shape index (κ1) is 21.3. The number of nitrogens with zero attached hydrogens (tertiary/aromatic N) is 2. The lowest BCUT2D eigenvalue weighted by Crippen LogP contribution is -2.14. The lowest BCUT2D eigenvalue weighted by molar-refractivity contribution is -0.113. The van der Waals surface area contributed by atoms with Crippen LogP contribution in [0.15, 0.2) is 41.6 Å². The zero-order valence-electron chi connectivity index (χ0n) is 17.0. The number of aromatic amines is 1. The van der Waals surface area contributed by atoms with Gasteiger partial charge in [-0.05, 0) is 24.3 Å². The van der Waals surface area contributed by atoms with Gasteiger partial charge in [0, 0.05) is 17.3 Å². The second-order valence-electron chi connectivity index (χ2n) is 5.95. The molecule has 0 unspecified atom stereocenters. The molecule has 0 aliphatic heterocycles. The van der Waals surface area contributed by atoms with Crippen LogP contribution in [0.5, 0.6) is 23.0 Å². The van der Waals surface area contributed by atoms with Crippen molar-refractivity contribution in [1.82, 2.24) is 15.2 Å². The van der Waals surface area contributed by atoms with Crippen molar-refractivity contribution in [3.05, 3.63) is 36.4 Å². The molecule has 0 aliphatic carbocycles. The number of aromatic nitrogens is 3. The number of carbonyl (C=O) groups is 1. The third-order valence-corrected chi connectivity index (χ3v) is 4.94. The highest BCUT2D eigenvalue weighted by atomic mass is 32.2. The van der Waals surface area contributed by atoms with Crippen LogP contribution in [-0.2, 0) is 4.79 Å². The average molecular weight is 430 g/mol. The Morgan fingerprint density at radius 3 is 2.40 bits per heavy atom. The molecular formula is C20H22N4O5S. The van der Waals surface area contributed by atoms with E-state index in [2.05, 4.69) is 20.5 Å². The number of H-pyrrole nitrogens is 1. The lowest BCUT2D eigenvalue weighted by atomic mass is 10.1. The van der Waals surface area contributed by atoms with E-state index in [1.54, 1.807) is 58.8 Å². The van der Waals surface area contributed by atoms with Gasteiger partial charge in [0.1, 0.15) is 5.75 Å². The number of anilines is 1. The molecule has 2 N–H and O–H groups in total. The second kappa shape index (κ2) is 9.88. The fraction of sp³-hybridized carbons (Fsp3) is 0.250. The van der Waals surface area contributed by atoms with Gasteiger partial charge < -0.3 is 24.3 Å². The van der Waals surface area contributed by atoms with Crippen LogP contribution < -0.4 is 24.3 Å². The topological polar surface area (TPSA) is 108 Å². The predicted molar refractivity (Wildman–Crippen MR) is 114 cm³/mol. The smallest absolute Gasteiger partial charge is 0.234 e. The maximum absolute atomic E-state index is 12.2. The molecule has 0 aliphatic rings. The van der Waals surface area contributed by atoms with Crippen molar-refractivity contribution >= 4 is 23.4 Å². The van der Waals surface area contributed by atoms with Gasteiger partial charge in [0.05, 0.1) is 34.2 Å². The van der Waals surface area contributed by atoms with Gasteiger partial charge in [-0.15, -0.1) is 5.10 Å². The Bertz CT molecular complexity index is 999. The molecule has 10 heteroatoms. The summed E-state index contributed by atoms with van der Waals surface area (Å²) < 4.78 is 21.2. The number of carbonyl (C=O) groups excluding carboxylic acids is 1. The fourth-order valence-electron chi connectivity index (χ4n) is 2.69. The van der Waals surface area contributed by atoms with Crippen molar-refractivity contribution in [3.63, 3.8) is 0 Å². The third kappa shape index (κ3) is 4.95. The minimum Gasteiger partial charge on any atom is -0.497 e. The van der Waals surface area contributed by atoms with Crippen molar-refractivity contribution in [1.29, 1.82) is 0 Å². The molecular weight excluding hydrogens is 408 g/mol. The highest BCUT2D eigenvalue weighted by molar-refractivity contribution is 7.99. The number of hydrogen-bond acceptors (Lipinski definition) is 8. The number of rotatable bonds is 9. The van der Waals surface area contributed by atoms with Crippen molar-refractivity contribution in [2.75, 3.05) is 39.5 Å². The zero-order chi connectivity index (χ0) is 21.5. The molecule has 30 heavy (non-hydrogen) atoms. The van der Waals surface area contributed by atoms with Gasteiger partial charge in [-0.25, -0.2) is 4.98 Å². The van der Waals surface area contributed by atoms with Crippen LogP contribution >= 0.6 is 11.8 Å². The minimum absolute atomic E-state index is 0.157. The molecule has 1 heterocycles. The van der Waals surface area contributed by atoms with E-state index in [-0.39, 0.29) is 11.7 Å². The van der Waals surface area contributed by atoms with E-state index in [1.807, 2.05) is 6.07 Å². The van der Waals surface area contributed by atoms with E-state index >= 15 is 0 Å². The van der Waals surface area contributed by atoms with Crippen LogP contribution in [0, 0.1) is 0 Å². The van der Waals surface area contributed by atoms with E-state index in [4.69, 9.17) is 18.9 Å². The molecule has 0 radical (unpaired) electrons. The van der Waals surface area contributed by atoms with Gasteiger partial charge in [-0.2, -0.15) is 0 Å². The summed E-state index contributed by atoms with van der Waals surface area (Å²) in [5.74, 6) is 2.68. The van der Waals surface area contributed by atoms with Crippen molar-refractivity contribution < 1.29 is 23.7 Å². The Hall–Kier alpha value is -3.40. The Morgan fingerprint density at radius 2 is 1.77 bits per heavy atom. The summed E-state index contributed by atoms with van der Waals surface area (Å²) in [6.07, 6.45) is 0. The number of hydrogen-bond donors (Lipinski definition) is 2. The SMILES string of the molecule is COc1cccc(NC(=O)CSc2n[nH]c(-c3cc(OC)c(OC)c(OC)c3)n2)c1. The molecule has 2 aromatic carbocycles. The Balaban J connectivity index is 1.67. The molecule has 0 atom stereocenters. The first-order valence-corrected chi connectivity index (χ1v) is 9.86. The normalized spacial score (nSPS) is 10.4. The van der Waals surface area contributed by atoms with E-state index in [0.717, 1.165) is 0 Å². The lowest BCUT2D eigenvalue weighted by Gasteiger charge is -2.13. The maximum Gasteiger partial charge on any atom is 0.234 e. The largest absolute Gasteiger partial charge is 0.497 e. The molecule has 1 aromatic heterocycles. The van der Waals surface area contributed by atoms with E-state index < -0.39 is 0 Å². The predicted octanol–water partition coefficient (Wildman–Crippen LogP) is 3.24. The van der Waals surface area contributed by atoms with Crippen LogP contribution in [0.4, 0.5) is 5.69 Å². The summed E-state index contributed by atoms with van der Waals surface area (Å²) in [5.41, 5.74) is 1.37. The first-order valence-electron chi connectivity index (χ1n) is 8.87. The molecule has 0 saturated carbocycles. The van der Waals surface area contributed by atoms with Gasteiger partial charge >= 0.3 is 0 Å². The summed E-state index contributed by atoms with van der Waals surface area (Å²) in [4.78, 5) is 16.7. The quantitative estimate of drug-likeness (QED) is 0.498. The average Bonchev–Trinajstić information content (AvgIpc) is 3.25. The van der Waals surface area contributed by atoms with E-state index in [0.29, 0.717) is 45.2 Å². The van der Waals surface area contributed by atoms with Gasteiger partial charge in [0.25, 0.3) is 0 Å². The van der Waals surface area contributed by atoms with E-state index in [1.165, 1.54) is 11.8 Å². The number of thioether (sulfide) groups is 1. The number of benzene rings is 2. The van der Waals surface area contributed by atoms with Gasteiger partial charge in [-0.1, -0.05) is 17.8 Å². The monoisotopic (exact) mass is 430 g/mol. The number of amides is 1. The molecule has 1 amide bonds. The Kier molecular flexibility index (Phi) is 7.02. The number of methoxy groups -OCH3 is 4. The van der Waals surface area contributed by atoms with Crippen LogP contribution in [0.1, 0.15) is 0 Å². The van der Waals surface area contributed by atoms with Crippen LogP contribution in [0.3, 0.4) is 0 Å². The zero-order valence-corrected chi connectivity index (χ0v) is 17.8. The maximum atomic E-state index is 12.2. The van der Waals surface area contributed by atoms with E-state index in [9.17, 15) is 4.79 Å². The van der Waals surface area contributed by atoms with Gasteiger partial charge in [0.15, 0.2) is 17.3 Å². The third-order valence-electron chi connectivity index (χ3n) is 4.09. The summed E-state index contributed by atoms with van der Waals surface area (Å²) in [6, 6.07) is 10.7. The fourth-order valence-corrected chi connectivity index (χ4v) is 3.28. The standard InChI is InChI=1S/C20H22N4O5S/c1-26-14-7-5-6-13(10-14)21-17(25)11-30-20-22-19(23-24-20)12-8-15(27-2)18(29-4)16(9-12)28-3/h5-10H,11H2,1-4H3,(H,21,25)(H,22,23,24). The van der Waals surface area contributed by atoms with Crippen molar-refractivity contribution in [2.45, 2.75) is 5.16 Å². The summed E-state index contributed by atoms with van der Waals surface area (Å²) in [5, 5.41) is 10.3. The Morgan fingerprint density at radius 1 is 1.03 bits per heavy atom. The van der Waals surface area contributed by atoms with Crippen molar-refractivity contribution in [3.8, 4) is 34.4 Å². The molecule has 3 rings (SSSR count). The molecule has 0 spiro atoms. The molecule has 3 aromatic rings. The molecule has 9 nitrogen and oxygen atoms in total. The minimum atomic E-state index is -0.174. The summed E-state index contributed by atoms with van der Waals surface area (Å²) in [7, 11) is 6.21. The summed E-state index contributed by atoms with van der Waals surface area (Å²) in [6.45, 7) is 0. The first-order chi connectivity index (χ1) is 14.6. The van der Waals surface area contributed by atoms with Crippen LogP contribution in [0.25, 0.3) is 11.4 Å². The van der Waals surface area contributed by atoms with Crippen molar-refractivity contribution in [2.24, 2.45) is 0 Å². The van der Waals surface area contributed by atoms with Gasteiger partial charge in [0.2, 0.25) is 16.8 Å². The van der Waals surface area contributed by atoms with Crippen LogP contribution in [0.2, 0.25) is 0 Å². The van der Waals surface area contributed by atoms with Gasteiger partial charge in [-0.3, -0.25) is 9.89 Å². The van der Waals surface area contributed by atoms with Crippen LogP contribution in [-0.4, -0.2) is 55.3 Å². The Labute approximate surface area is 178 Å². The number of nitrogens with one attached hydrogen (secondary N) is 2.